The molecule has 2 aromatic carbocycles. The van der Waals surface area contributed by atoms with Crippen molar-refractivity contribution in [1.29, 1.82) is 0 Å². The molecule has 0 saturated carbocycles. The number of hydrogen-bond acceptors (Lipinski definition) is 5. The van der Waals surface area contributed by atoms with Crippen LogP contribution in [0.5, 0.6) is 17.2 Å². The van der Waals surface area contributed by atoms with Crippen molar-refractivity contribution in [2.24, 2.45) is 0 Å². The Kier molecular flexibility index (Phi) is 7.45. The zero-order valence-corrected chi connectivity index (χ0v) is 20.1. The van der Waals surface area contributed by atoms with Gasteiger partial charge < -0.3 is 29.3 Å². The number of amides is 3. The van der Waals surface area contributed by atoms with E-state index < -0.39 is 0 Å². The van der Waals surface area contributed by atoms with Crippen molar-refractivity contribution < 1.29 is 23.8 Å². The number of carbonyl (C=O) groups excluding carboxylic acids is 2. The van der Waals surface area contributed by atoms with Gasteiger partial charge in [0.2, 0.25) is 5.91 Å². The zero-order chi connectivity index (χ0) is 24.1. The number of hydrogen-bond donors (Lipinski definition) is 1. The van der Waals surface area contributed by atoms with Crippen LogP contribution >= 0.6 is 0 Å². The van der Waals surface area contributed by atoms with Crippen LogP contribution < -0.4 is 19.5 Å². The molecule has 8 heteroatoms. The number of carbonyl (C=O) groups is 2. The average molecular weight is 468 g/mol. The topological polar surface area (TPSA) is 80.3 Å². The highest BCUT2D eigenvalue weighted by molar-refractivity contribution is 5.79. The van der Waals surface area contributed by atoms with Gasteiger partial charge >= 0.3 is 6.03 Å². The molecular formula is C26H33N3O5. The van der Waals surface area contributed by atoms with E-state index in [2.05, 4.69) is 5.32 Å². The van der Waals surface area contributed by atoms with Crippen molar-refractivity contribution >= 4 is 11.9 Å². The van der Waals surface area contributed by atoms with Gasteiger partial charge in [0.25, 0.3) is 0 Å². The van der Waals surface area contributed by atoms with Gasteiger partial charge in [0.15, 0.2) is 11.5 Å². The van der Waals surface area contributed by atoms with E-state index >= 15 is 0 Å². The first-order valence-electron chi connectivity index (χ1n) is 11.8. The first-order valence-corrected chi connectivity index (χ1v) is 11.8. The smallest absolute Gasteiger partial charge is 0.318 e. The molecule has 0 radical (unpaired) electrons. The first kappa shape index (κ1) is 23.7. The summed E-state index contributed by atoms with van der Waals surface area (Å²) in [5.41, 5.74) is 3.08. The summed E-state index contributed by atoms with van der Waals surface area (Å²) < 4.78 is 16.4. The van der Waals surface area contributed by atoms with Crippen molar-refractivity contribution in [2.75, 3.05) is 47.5 Å². The van der Waals surface area contributed by atoms with E-state index in [1.807, 2.05) is 46.2 Å². The summed E-state index contributed by atoms with van der Waals surface area (Å²) in [6.07, 6.45) is 3.13. The fraction of sp³-hybridized carbons (Fsp3) is 0.462. The molecule has 4 rings (SSSR count). The quantitative estimate of drug-likeness (QED) is 0.675. The van der Waals surface area contributed by atoms with Gasteiger partial charge in [0.05, 0.1) is 27.4 Å². The predicted octanol–water partition coefficient (Wildman–Crippen LogP) is 3.38. The molecule has 2 aromatic rings. The van der Waals surface area contributed by atoms with Crippen LogP contribution in [-0.4, -0.2) is 69.2 Å². The molecule has 3 amide bonds. The lowest BCUT2D eigenvalue weighted by Crippen LogP contribution is -2.46. The number of ether oxygens (including phenoxy) is 3. The van der Waals surface area contributed by atoms with E-state index in [9.17, 15) is 9.59 Å². The maximum atomic E-state index is 13.3. The fourth-order valence-corrected chi connectivity index (χ4v) is 4.81. The Bertz CT molecular complexity index is 1020. The van der Waals surface area contributed by atoms with Gasteiger partial charge in [-0.05, 0) is 60.2 Å². The lowest BCUT2D eigenvalue weighted by Gasteiger charge is -2.38. The monoisotopic (exact) mass is 467 g/mol. The summed E-state index contributed by atoms with van der Waals surface area (Å²) in [6, 6.07) is 11.2. The Balaban J connectivity index is 1.57. The molecule has 0 spiro atoms. The first-order chi connectivity index (χ1) is 16.5. The minimum Gasteiger partial charge on any atom is -0.497 e. The van der Waals surface area contributed by atoms with Crippen LogP contribution in [-0.2, 0) is 11.2 Å². The van der Waals surface area contributed by atoms with Crippen LogP contribution in [0.2, 0.25) is 0 Å². The summed E-state index contributed by atoms with van der Waals surface area (Å²) in [6.45, 7) is 2.50. The molecule has 1 N–H and O–H groups in total. The second-order valence-corrected chi connectivity index (χ2v) is 8.59. The zero-order valence-electron chi connectivity index (χ0n) is 20.1. The Labute approximate surface area is 200 Å². The molecule has 2 aliphatic rings. The van der Waals surface area contributed by atoms with Gasteiger partial charge in [-0.25, -0.2) is 4.79 Å². The molecule has 0 aliphatic carbocycles. The van der Waals surface area contributed by atoms with Crippen LogP contribution in [0.25, 0.3) is 0 Å². The van der Waals surface area contributed by atoms with Gasteiger partial charge in [0, 0.05) is 32.6 Å². The van der Waals surface area contributed by atoms with Crippen LogP contribution in [0.4, 0.5) is 4.79 Å². The third kappa shape index (κ3) is 4.90. The molecule has 0 aromatic heterocycles. The number of benzene rings is 2. The number of rotatable bonds is 7. The molecule has 0 unspecified atom stereocenters. The van der Waals surface area contributed by atoms with E-state index in [4.69, 9.17) is 14.2 Å². The van der Waals surface area contributed by atoms with Crippen LogP contribution in [0.3, 0.4) is 0 Å². The Morgan fingerprint density at radius 2 is 1.62 bits per heavy atom. The van der Waals surface area contributed by atoms with Crippen LogP contribution in [0.1, 0.15) is 42.0 Å². The van der Waals surface area contributed by atoms with Gasteiger partial charge in [-0.1, -0.05) is 12.1 Å². The fourth-order valence-electron chi connectivity index (χ4n) is 4.81. The van der Waals surface area contributed by atoms with E-state index in [0.29, 0.717) is 37.4 Å². The molecule has 1 fully saturated rings. The summed E-state index contributed by atoms with van der Waals surface area (Å²) in [5.74, 6) is 2.15. The lowest BCUT2D eigenvalue weighted by molar-refractivity contribution is -0.129. The minimum absolute atomic E-state index is 0.102. The molecular weight excluding hydrogens is 434 g/mol. The number of likely N-dealkylation sites (tertiary alicyclic amines) is 1. The van der Waals surface area contributed by atoms with Crippen molar-refractivity contribution in [3.8, 4) is 17.2 Å². The van der Waals surface area contributed by atoms with Crippen molar-refractivity contribution in [3.63, 3.8) is 0 Å². The second kappa shape index (κ2) is 10.7. The van der Waals surface area contributed by atoms with E-state index in [1.165, 1.54) is 0 Å². The average Bonchev–Trinajstić information content (AvgIpc) is 3.42. The summed E-state index contributed by atoms with van der Waals surface area (Å²) in [5, 5.41) is 2.97. The van der Waals surface area contributed by atoms with E-state index in [0.717, 1.165) is 48.4 Å². The summed E-state index contributed by atoms with van der Waals surface area (Å²) in [4.78, 5) is 29.4. The number of methoxy groups -OCH3 is 3. The molecule has 34 heavy (non-hydrogen) atoms. The molecule has 8 nitrogen and oxygen atoms in total. The third-order valence-corrected chi connectivity index (χ3v) is 6.64. The maximum absolute atomic E-state index is 13.3. The highest BCUT2D eigenvalue weighted by Gasteiger charge is 2.33. The van der Waals surface area contributed by atoms with Gasteiger partial charge in [-0.3, -0.25) is 4.79 Å². The predicted molar refractivity (Wildman–Crippen MR) is 129 cm³/mol. The van der Waals surface area contributed by atoms with E-state index in [1.54, 1.807) is 21.3 Å². The summed E-state index contributed by atoms with van der Waals surface area (Å²) in [7, 11) is 4.86. The minimum atomic E-state index is -0.302. The Morgan fingerprint density at radius 1 is 0.941 bits per heavy atom. The number of nitrogens with one attached hydrogen (secondary N) is 1. The van der Waals surface area contributed by atoms with Crippen molar-refractivity contribution in [3.05, 3.63) is 53.1 Å². The maximum Gasteiger partial charge on any atom is 0.318 e. The SMILES string of the molecule is COc1ccc([C@H]2c3cc(OC)c(OC)cc3CCN2C(=O)NCCC(=O)N2CCCC2)cc1. The standard InChI is InChI=1S/C26H33N3O5/c1-32-20-8-6-18(7-9-20)25-21-17-23(34-3)22(33-2)16-19(21)11-15-29(25)26(31)27-12-10-24(30)28-13-4-5-14-28/h6-9,16-17,25H,4-5,10-15H2,1-3H3,(H,27,31)/t25-/m0/s1. The van der Waals surface area contributed by atoms with Gasteiger partial charge in [-0.2, -0.15) is 0 Å². The molecule has 182 valence electrons. The van der Waals surface area contributed by atoms with Gasteiger partial charge in [0.1, 0.15) is 5.75 Å². The molecule has 1 saturated heterocycles. The van der Waals surface area contributed by atoms with E-state index in [-0.39, 0.29) is 18.0 Å². The van der Waals surface area contributed by atoms with Crippen LogP contribution in [0, 0.1) is 0 Å². The lowest BCUT2D eigenvalue weighted by atomic mass is 9.87. The molecule has 1 atom stereocenters. The molecule has 2 heterocycles. The number of urea groups is 1. The normalized spacial score (nSPS) is 17.2. The van der Waals surface area contributed by atoms with Gasteiger partial charge in [-0.15, -0.1) is 0 Å². The largest absolute Gasteiger partial charge is 0.497 e. The van der Waals surface area contributed by atoms with Crippen molar-refractivity contribution in [1.82, 2.24) is 15.1 Å². The Morgan fingerprint density at radius 3 is 2.26 bits per heavy atom. The summed E-state index contributed by atoms with van der Waals surface area (Å²) >= 11 is 0. The Hall–Kier alpha value is -3.42. The highest BCUT2D eigenvalue weighted by atomic mass is 16.5. The molecule has 0 bridgehead atoms. The second-order valence-electron chi connectivity index (χ2n) is 8.59. The number of nitrogens with zero attached hydrogens (tertiary/aromatic N) is 2. The van der Waals surface area contributed by atoms with Crippen LogP contribution in [0.15, 0.2) is 36.4 Å². The number of fused-ring (bicyclic) bond motifs is 1. The molecule has 2 aliphatic heterocycles. The highest BCUT2D eigenvalue weighted by Crippen LogP contribution is 2.41. The van der Waals surface area contributed by atoms with Crippen molar-refractivity contribution in [2.45, 2.75) is 31.7 Å². The third-order valence-electron chi connectivity index (χ3n) is 6.64.